The lowest BCUT2D eigenvalue weighted by Crippen LogP contribution is -2.02. The first-order valence-corrected chi connectivity index (χ1v) is 16.6. The van der Waals surface area contributed by atoms with Crippen LogP contribution in [0.15, 0.2) is 173 Å². The molecule has 0 amide bonds. The van der Waals surface area contributed by atoms with Crippen LogP contribution >= 0.6 is 0 Å². The lowest BCUT2D eigenvalue weighted by Gasteiger charge is -2.14. The maximum Gasteiger partial charge on any atom is 0.164 e. The van der Waals surface area contributed by atoms with Crippen LogP contribution in [0.3, 0.4) is 0 Å². The lowest BCUT2D eigenvalue weighted by atomic mass is 9.95. The van der Waals surface area contributed by atoms with Crippen molar-refractivity contribution in [2.24, 2.45) is 0 Å². The fourth-order valence-electron chi connectivity index (χ4n) is 6.96. The van der Waals surface area contributed by atoms with E-state index in [1.54, 1.807) is 0 Å². The van der Waals surface area contributed by atoms with Crippen molar-refractivity contribution in [3.05, 3.63) is 164 Å². The first kappa shape index (κ1) is 28.2. The molecule has 50 heavy (non-hydrogen) atoms. The number of para-hydroxylation sites is 2. The van der Waals surface area contributed by atoms with Gasteiger partial charge in [-0.15, -0.1) is 0 Å². The Hall–Kier alpha value is -6.85. The van der Waals surface area contributed by atoms with E-state index in [1.807, 2.05) is 78.9 Å². The summed E-state index contributed by atoms with van der Waals surface area (Å²) >= 11 is 0. The van der Waals surface area contributed by atoms with Crippen LogP contribution in [0.2, 0.25) is 0 Å². The van der Waals surface area contributed by atoms with Crippen LogP contribution in [0.4, 0.5) is 0 Å². The zero-order valence-electron chi connectivity index (χ0n) is 26.7. The van der Waals surface area contributed by atoms with Gasteiger partial charge in [-0.25, -0.2) is 15.0 Å². The van der Waals surface area contributed by atoms with Gasteiger partial charge in [-0.3, -0.25) is 0 Å². The van der Waals surface area contributed by atoms with Crippen molar-refractivity contribution in [2.45, 2.75) is 0 Å². The molecule has 5 heteroatoms. The molecular weight excluding hydrogens is 615 g/mol. The van der Waals surface area contributed by atoms with Gasteiger partial charge in [0.15, 0.2) is 17.5 Å². The van der Waals surface area contributed by atoms with Gasteiger partial charge in [-0.1, -0.05) is 127 Å². The second-order valence-electron chi connectivity index (χ2n) is 12.4. The third-order valence-corrected chi connectivity index (χ3v) is 9.35. The molecule has 0 bridgehead atoms. The average Bonchev–Trinajstić information content (AvgIpc) is 3.75. The van der Waals surface area contributed by atoms with Crippen molar-refractivity contribution >= 4 is 43.9 Å². The van der Waals surface area contributed by atoms with E-state index in [1.165, 1.54) is 0 Å². The van der Waals surface area contributed by atoms with Crippen LogP contribution in [0.1, 0.15) is 0 Å². The summed E-state index contributed by atoms with van der Waals surface area (Å²) in [5, 5.41) is 4.23. The molecule has 3 aromatic heterocycles. The zero-order chi connectivity index (χ0) is 33.0. The maximum atomic E-state index is 6.41. The molecule has 10 aromatic rings. The summed E-state index contributed by atoms with van der Waals surface area (Å²) in [4.78, 5) is 15.6. The fraction of sp³-hybridized carbons (Fsp3) is 0. The molecule has 7 aromatic carbocycles. The topological polar surface area (TPSA) is 65.0 Å². The van der Waals surface area contributed by atoms with Gasteiger partial charge in [0, 0.05) is 38.2 Å². The number of hydrogen-bond acceptors (Lipinski definition) is 5. The second kappa shape index (κ2) is 11.4. The van der Waals surface area contributed by atoms with Crippen LogP contribution in [-0.4, -0.2) is 15.0 Å². The van der Waals surface area contributed by atoms with Crippen LogP contribution in [0.5, 0.6) is 0 Å². The molecule has 0 aliphatic heterocycles. The minimum absolute atomic E-state index is 0.554. The Morgan fingerprint density at radius 2 is 0.660 bits per heavy atom. The Morgan fingerprint density at radius 3 is 1.12 bits per heavy atom. The van der Waals surface area contributed by atoms with E-state index in [2.05, 4.69) is 84.9 Å². The molecule has 0 fully saturated rings. The van der Waals surface area contributed by atoms with Gasteiger partial charge in [0.25, 0.3) is 0 Å². The number of hydrogen-bond donors (Lipinski definition) is 0. The number of aromatic nitrogens is 3. The normalized spacial score (nSPS) is 11.6. The summed E-state index contributed by atoms with van der Waals surface area (Å²) in [5.74, 6) is 1.69. The molecule has 0 aliphatic carbocycles. The number of furan rings is 2. The SMILES string of the molecule is c1ccc(-c2nc(-c3cc4oc5ccccc5c4cc3-c3ccccc3)nc(-c3cc4oc5ccccc5c4cc3-c3ccccc3)n2)cc1. The molecule has 0 radical (unpaired) electrons. The van der Waals surface area contributed by atoms with Crippen LogP contribution in [0.25, 0.3) is 100 Å². The van der Waals surface area contributed by atoms with Crippen LogP contribution in [0, 0.1) is 0 Å². The summed E-state index contributed by atoms with van der Waals surface area (Å²) in [7, 11) is 0. The van der Waals surface area contributed by atoms with E-state index in [4.69, 9.17) is 23.8 Å². The molecule has 0 unspecified atom stereocenters. The molecule has 5 nitrogen and oxygen atoms in total. The summed E-state index contributed by atoms with van der Waals surface area (Å²) in [6, 6.07) is 55.7. The molecule has 0 saturated heterocycles. The molecule has 3 heterocycles. The first-order valence-electron chi connectivity index (χ1n) is 16.6. The summed E-state index contributed by atoms with van der Waals surface area (Å²) in [5.41, 5.74) is 9.99. The van der Waals surface area contributed by atoms with Gasteiger partial charge >= 0.3 is 0 Å². The zero-order valence-corrected chi connectivity index (χ0v) is 26.7. The van der Waals surface area contributed by atoms with Crippen LogP contribution in [-0.2, 0) is 0 Å². The predicted octanol–water partition coefficient (Wildman–Crippen LogP) is 12.0. The monoisotopic (exact) mass is 641 g/mol. The van der Waals surface area contributed by atoms with Crippen molar-refractivity contribution in [2.75, 3.05) is 0 Å². The van der Waals surface area contributed by atoms with Crippen molar-refractivity contribution in [3.8, 4) is 56.4 Å². The van der Waals surface area contributed by atoms with Gasteiger partial charge in [0.1, 0.15) is 22.3 Å². The van der Waals surface area contributed by atoms with Gasteiger partial charge in [0.2, 0.25) is 0 Å². The first-order chi connectivity index (χ1) is 24.8. The van der Waals surface area contributed by atoms with E-state index in [-0.39, 0.29) is 0 Å². The minimum Gasteiger partial charge on any atom is -0.456 e. The minimum atomic E-state index is 0.554. The summed E-state index contributed by atoms with van der Waals surface area (Å²) < 4.78 is 12.8. The Kier molecular flexibility index (Phi) is 6.42. The van der Waals surface area contributed by atoms with E-state index < -0.39 is 0 Å². The lowest BCUT2D eigenvalue weighted by molar-refractivity contribution is 0.668. The van der Waals surface area contributed by atoms with E-state index in [0.29, 0.717) is 17.5 Å². The molecule has 0 atom stereocenters. The van der Waals surface area contributed by atoms with Crippen molar-refractivity contribution in [1.82, 2.24) is 15.0 Å². The molecule has 234 valence electrons. The van der Waals surface area contributed by atoms with Crippen molar-refractivity contribution in [3.63, 3.8) is 0 Å². The second-order valence-corrected chi connectivity index (χ2v) is 12.4. The molecule has 10 rings (SSSR count). The molecule has 0 aliphatic rings. The van der Waals surface area contributed by atoms with E-state index in [0.717, 1.165) is 82.8 Å². The number of fused-ring (bicyclic) bond motifs is 6. The van der Waals surface area contributed by atoms with Gasteiger partial charge < -0.3 is 8.83 Å². The summed E-state index contributed by atoms with van der Waals surface area (Å²) in [6.07, 6.45) is 0. The van der Waals surface area contributed by atoms with Crippen LogP contribution < -0.4 is 0 Å². The predicted molar refractivity (Wildman–Crippen MR) is 202 cm³/mol. The van der Waals surface area contributed by atoms with Gasteiger partial charge in [-0.05, 0) is 58.7 Å². The molecule has 0 spiro atoms. The number of benzene rings is 7. The van der Waals surface area contributed by atoms with E-state index >= 15 is 0 Å². The smallest absolute Gasteiger partial charge is 0.164 e. The Labute approximate surface area is 287 Å². The van der Waals surface area contributed by atoms with Gasteiger partial charge in [0.05, 0.1) is 0 Å². The van der Waals surface area contributed by atoms with Gasteiger partial charge in [-0.2, -0.15) is 0 Å². The Balaban J connectivity index is 1.29. The average molecular weight is 642 g/mol. The molecule has 0 N–H and O–H groups in total. The molecular formula is C45H27N3O2. The highest BCUT2D eigenvalue weighted by Gasteiger charge is 2.22. The quantitative estimate of drug-likeness (QED) is 0.187. The van der Waals surface area contributed by atoms with E-state index in [9.17, 15) is 0 Å². The highest BCUT2D eigenvalue weighted by atomic mass is 16.3. The highest BCUT2D eigenvalue weighted by molar-refractivity contribution is 6.10. The fourth-order valence-corrected chi connectivity index (χ4v) is 6.96. The largest absolute Gasteiger partial charge is 0.456 e. The third-order valence-electron chi connectivity index (χ3n) is 9.35. The van der Waals surface area contributed by atoms with Crippen molar-refractivity contribution in [1.29, 1.82) is 0 Å². The number of nitrogens with zero attached hydrogens (tertiary/aromatic N) is 3. The maximum absolute atomic E-state index is 6.41. The Bertz CT molecular complexity index is 2680. The Morgan fingerprint density at radius 1 is 0.280 bits per heavy atom. The number of rotatable bonds is 5. The van der Waals surface area contributed by atoms with Crippen molar-refractivity contribution < 1.29 is 8.83 Å². The summed E-state index contributed by atoms with van der Waals surface area (Å²) in [6.45, 7) is 0. The third kappa shape index (κ3) is 4.67. The molecule has 0 saturated carbocycles. The standard InChI is InChI=1S/C45H27N3O2/c1-4-14-28(15-5-1)33-24-35-31-20-10-12-22-39(31)49-41(35)26-37(33)44-46-43(30-18-8-3-9-19-30)47-45(48-44)38-27-42-36(32-21-11-13-23-40(32)50-42)25-34(38)29-16-6-2-7-17-29/h1-27H. The highest BCUT2D eigenvalue weighted by Crippen LogP contribution is 2.42.